The summed E-state index contributed by atoms with van der Waals surface area (Å²) in [5, 5.41) is 15.7. The Labute approximate surface area is 138 Å². The minimum absolute atomic E-state index is 0.448. The minimum Gasteiger partial charge on any atom is -0.459 e. The Morgan fingerprint density at radius 1 is 1.35 bits per heavy atom. The van der Waals surface area contributed by atoms with Crippen LogP contribution in [0.2, 0.25) is 5.02 Å². The van der Waals surface area contributed by atoms with Crippen molar-refractivity contribution in [1.82, 2.24) is 20.2 Å². The molecule has 1 N–H and O–H groups in total. The molecule has 0 aliphatic heterocycles. The number of hydrogen-bond donors (Lipinski definition) is 1. The van der Waals surface area contributed by atoms with E-state index in [2.05, 4.69) is 27.3 Å². The van der Waals surface area contributed by atoms with Crippen molar-refractivity contribution in [2.24, 2.45) is 0 Å². The number of tetrazole rings is 1. The number of allylic oxidation sites excluding steroid dienone is 1. The lowest BCUT2D eigenvalue weighted by atomic mass is 10.1. The molecule has 0 radical (unpaired) electrons. The van der Waals surface area contributed by atoms with E-state index >= 15 is 0 Å². The van der Waals surface area contributed by atoms with E-state index in [0.717, 1.165) is 27.7 Å². The lowest BCUT2D eigenvalue weighted by Crippen LogP contribution is -2.02. The molecule has 0 amide bonds. The average Bonchev–Trinajstić information content (AvgIpc) is 3.18. The van der Waals surface area contributed by atoms with Crippen LogP contribution in [-0.4, -0.2) is 20.2 Å². The molecule has 0 fully saturated rings. The molecular formula is C16H16ClN5O. The molecule has 0 spiro atoms. The van der Waals surface area contributed by atoms with Gasteiger partial charge in [0.05, 0.1) is 13.1 Å². The third-order valence-electron chi connectivity index (χ3n) is 3.36. The molecule has 0 saturated carbocycles. The van der Waals surface area contributed by atoms with E-state index in [1.807, 2.05) is 37.3 Å². The maximum Gasteiger partial charge on any atom is 0.263 e. The Hall–Kier alpha value is -2.60. The molecule has 3 rings (SSSR count). The SMILES string of the molecule is C=CCn1nnc(NCc2ccc(-c3cccc(Cl)c3C)o2)n1. The summed E-state index contributed by atoms with van der Waals surface area (Å²) in [5.41, 5.74) is 1.98. The molecule has 0 bridgehead atoms. The van der Waals surface area contributed by atoms with Crippen LogP contribution in [-0.2, 0) is 13.1 Å². The van der Waals surface area contributed by atoms with Gasteiger partial charge in [-0.2, -0.15) is 4.80 Å². The third kappa shape index (κ3) is 3.43. The highest BCUT2D eigenvalue weighted by Gasteiger charge is 2.10. The number of rotatable bonds is 6. The van der Waals surface area contributed by atoms with E-state index in [9.17, 15) is 0 Å². The largest absolute Gasteiger partial charge is 0.459 e. The summed E-state index contributed by atoms with van der Waals surface area (Å²) < 4.78 is 5.86. The number of aromatic nitrogens is 4. The molecule has 3 aromatic rings. The van der Waals surface area contributed by atoms with Crippen LogP contribution >= 0.6 is 11.6 Å². The molecule has 2 heterocycles. The van der Waals surface area contributed by atoms with Gasteiger partial charge in [0.1, 0.15) is 11.5 Å². The van der Waals surface area contributed by atoms with Gasteiger partial charge in [-0.3, -0.25) is 0 Å². The molecule has 0 unspecified atom stereocenters. The van der Waals surface area contributed by atoms with Crippen molar-refractivity contribution < 1.29 is 4.42 Å². The fourth-order valence-corrected chi connectivity index (χ4v) is 2.34. The summed E-state index contributed by atoms with van der Waals surface area (Å²) in [7, 11) is 0. The first-order valence-electron chi connectivity index (χ1n) is 7.14. The van der Waals surface area contributed by atoms with Crippen molar-refractivity contribution in [2.45, 2.75) is 20.0 Å². The second-order valence-corrected chi connectivity index (χ2v) is 5.40. The van der Waals surface area contributed by atoms with E-state index in [4.69, 9.17) is 16.0 Å². The first kappa shape index (κ1) is 15.3. The maximum atomic E-state index is 6.15. The fraction of sp³-hybridized carbons (Fsp3) is 0.188. The van der Waals surface area contributed by atoms with Crippen molar-refractivity contribution in [3.05, 3.63) is 59.3 Å². The molecule has 0 saturated heterocycles. The first-order chi connectivity index (χ1) is 11.2. The molecule has 0 atom stereocenters. The predicted octanol–water partition coefficient (Wildman–Crippen LogP) is 3.69. The summed E-state index contributed by atoms with van der Waals surface area (Å²) in [6.45, 7) is 6.60. The molecule has 2 aromatic heterocycles. The highest BCUT2D eigenvalue weighted by atomic mass is 35.5. The van der Waals surface area contributed by atoms with Crippen molar-refractivity contribution >= 4 is 17.5 Å². The number of furan rings is 1. The quantitative estimate of drug-likeness (QED) is 0.698. The van der Waals surface area contributed by atoms with Crippen molar-refractivity contribution in [2.75, 3.05) is 5.32 Å². The number of hydrogen-bond acceptors (Lipinski definition) is 5. The molecule has 1 aromatic carbocycles. The summed E-state index contributed by atoms with van der Waals surface area (Å²) >= 11 is 6.15. The zero-order valence-corrected chi connectivity index (χ0v) is 13.4. The second kappa shape index (κ2) is 6.66. The third-order valence-corrected chi connectivity index (χ3v) is 3.77. The van der Waals surface area contributed by atoms with E-state index in [1.165, 1.54) is 4.80 Å². The van der Waals surface area contributed by atoms with Gasteiger partial charge in [0.25, 0.3) is 5.95 Å². The van der Waals surface area contributed by atoms with Gasteiger partial charge in [-0.05, 0) is 35.9 Å². The number of nitrogens with zero attached hydrogens (tertiary/aromatic N) is 4. The van der Waals surface area contributed by atoms with Gasteiger partial charge in [0, 0.05) is 10.6 Å². The molecule has 118 valence electrons. The van der Waals surface area contributed by atoms with E-state index in [0.29, 0.717) is 19.0 Å². The van der Waals surface area contributed by atoms with E-state index < -0.39 is 0 Å². The molecule has 0 aliphatic rings. The Bertz CT molecular complexity index is 823. The standard InChI is InChI=1S/C16H16ClN5O/c1-3-9-22-20-16(19-21-22)18-10-12-7-8-15(23-12)13-5-4-6-14(17)11(13)2/h3-8H,1,9-10H2,2H3,(H,18,20). The number of nitrogens with one attached hydrogen (secondary N) is 1. The Balaban J connectivity index is 1.69. The first-order valence-corrected chi connectivity index (χ1v) is 7.52. The normalized spacial score (nSPS) is 10.7. The van der Waals surface area contributed by atoms with Crippen LogP contribution in [0, 0.1) is 6.92 Å². The van der Waals surface area contributed by atoms with E-state index in [1.54, 1.807) is 6.08 Å². The summed E-state index contributed by atoms with van der Waals surface area (Å²) in [4.78, 5) is 1.46. The van der Waals surface area contributed by atoms with Crippen molar-refractivity contribution in [3.63, 3.8) is 0 Å². The molecule has 23 heavy (non-hydrogen) atoms. The van der Waals surface area contributed by atoms with Crippen LogP contribution in [0.1, 0.15) is 11.3 Å². The van der Waals surface area contributed by atoms with Crippen LogP contribution in [0.25, 0.3) is 11.3 Å². The topological polar surface area (TPSA) is 68.8 Å². The van der Waals surface area contributed by atoms with Gasteiger partial charge >= 0.3 is 0 Å². The number of benzene rings is 1. The van der Waals surface area contributed by atoms with E-state index in [-0.39, 0.29) is 0 Å². The Kier molecular flexibility index (Phi) is 4.43. The van der Waals surface area contributed by atoms with Gasteiger partial charge in [-0.25, -0.2) is 0 Å². The molecule has 6 nitrogen and oxygen atoms in total. The summed E-state index contributed by atoms with van der Waals surface area (Å²) in [5.74, 6) is 2.01. The zero-order chi connectivity index (χ0) is 16.2. The van der Waals surface area contributed by atoms with Crippen LogP contribution in [0.3, 0.4) is 0 Å². The lowest BCUT2D eigenvalue weighted by molar-refractivity contribution is 0.530. The summed E-state index contributed by atoms with van der Waals surface area (Å²) in [6.07, 6.45) is 1.71. The Morgan fingerprint density at radius 3 is 3.04 bits per heavy atom. The molecular weight excluding hydrogens is 314 g/mol. The van der Waals surface area contributed by atoms with Crippen LogP contribution in [0.15, 0.2) is 47.4 Å². The highest BCUT2D eigenvalue weighted by Crippen LogP contribution is 2.29. The number of anilines is 1. The summed E-state index contributed by atoms with van der Waals surface area (Å²) in [6, 6.07) is 9.60. The molecule has 7 heteroatoms. The minimum atomic E-state index is 0.448. The lowest BCUT2D eigenvalue weighted by Gasteiger charge is -2.04. The average molecular weight is 330 g/mol. The van der Waals surface area contributed by atoms with Crippen LogP contribution in [0.4, 0.5) is 5.95 Å². The maximum absolute atomic E-state index is 6.15. The Morgan fingerprint density at radius 2 is 2.22 bits per heavy atom. The van der Waals surface area contributed by atoms with Gasteiger partial charge in [-0.1, -0.05) is 34.9 Å². The monoisotopic (exact) mass is 329 g/mol. The van der Waals surface area contributed by atoms with Crippen LogP contribution in [0.5, 0.6) is 0 Å². The highest BCUT2D eigenvalue weighted by molar-refractivity contribution is 6.31. The van der Waals surface area contributed by atoms with Gasteiger partial charge in [-0.15, -0.1) is 11.7 Å². The van der Waals surface area contributed by atoms with Crippen LogP contribution < -0.4 is 5.32 Å². The second-order valence-electron chi connectivity index (χ2n) is 4.99. The van der Waals surface area contributed by atoms with Crippen molar-refractivity contribution in [1.29, 1.82) is 0 Å². The number of halogens is 1. The smallest absolute Gasteiger partial charge is 0.263 e. The predicted molar refractivity (Wildman–Crippen MR) is 89.2 cm³/mol. The van der Waals surface area contributed by atoms with Gasteiger partial charge < -0.3 is 9.73 Å². The van der Waals surface area contributed by atoms with Gasteiger partial charge in [0.2, 0.25) is 0 Å². The molecule has 0 aliphatic carbocycles. The zero-order valence-electron chi connectivity index (χ0n) is 12.7. The van der Waals surface area contributed by atoms with Gasteiger partial charge in [0.15, 0.2) is 0 Å². The van der Waals surface area contributed by atoms with Crippen molar-refractivity contribution in [3.8, 4) is 11.3 Å². The fourth-order valence-electron chi connectivity index (χ4n) is 2.17.